The first-order valence-corrected chi connectivity index (χ1v) is 6.94. The van der Waals surface area contributed by atoms with Gasteiger partial charge in [-0.15, -0.1) is 11.3 Å². The minimum atomic E-state index is -0.980. The van der Waals surface area contributed by atoms with E-state index in [0.29, 0.717) is 19.2 Å². The molecule has 0 saturated carbocycles. The third-order valence-corrected chi connectivity index (χ3v) is 5.14. The summed E-state index contributed by atoms with van der Waals surface area (Å²) in [7, 11) is 0. The van der Waals surface area contributed by atoms with Crippen molar-refractivity contribution >= 4 is 50.5 Å². The third-order valence-electron chi connectivity index (χ3n) is 2.21. The largest absolute Gasteiger partial charge is 0.383 e. The van der Waals surface area contributed by atoms with Crippen LogP contribution in [-0.4, -0.2) is 5.11 Å². The molecule has 1 aromatic heterocycles. The Kier molecular flexibility index (Phi) is 4.10. The second-order valence-corrected chi connectivity index (χ2v) is 6.23. The molecule has 0 aliphatic rings. The fourth-order valence-electron chi connectivity index (χ4n) is 1.38. The Hall–Kier alpha value is -0.130. The highest BCUT2D eigenvalue weighted by molar-refractivity contribution is 9.10. The molecule has 1 aromatic carbocycles. The predicted octanol–water partition coefficient (Wildman–Crippen LogP) is 5.04. The lowest BCUT2D eigenvalue weighted by Gasteiger charge is -2.10. The number of aliphatic hydroxyl groups is 1. The predicted molar refractivity (Wildman–Crippen MR) is 72.5 cm³/mol. The fraction of sp³-hybridized carbons (Fsp3) is 0.0909. The Morgan fingerprint density at radius 3 is 2.65 bits per heavy atom. The summed E-state index contributed by atoms with van der Waals surface area (Å²) in [5, 5.41) is 10.0. The van der Waals surface area contributed by atoms with Crippen molar-refractivity contribution in [3.63, 3.8) is 0 Å². The number of benzene rings is 1. The SMILES string of the molecule is OC(c1cc(Br)c(Cl)s1)c1cccc(F)c1Cl. The van der Waals surface area contributed by atoms with Crippen LogP contribution < -0.4 is 0 Å². The molecule has 90 valence electrons. The second-order valence-electron chi connectivity index (χ2n) is 3.32. The summed E-state index contributed by atoms with van der Waals surface area (Å²) in [6.45, 7) is 0. The highest BCUT2D eigenvalue weighted by Crippen LogP contribution is 2.39. The molecule has 1 nitrogen and oxygen atoms in total. The molecule has 0 aliphatic heterocycles. The second kappa shape index (κ2) is 5.24. The Bertz CT molecular complexity index is 539. The summed E-state index contributed by atoms with van der Waals surface area (Å²) in [6, 6.07) is 6.02. The van der Waals surface area contributed by atoms with Crippen LogP contribution in [0.4, 0.5) is 4.39 Å². The molecule has 0 radical (unpaired) electrons. The highest BCUT2D eigenvalue weighted by Gasteiger charge is 2.19. The zero-order valence-electron chi connectivity index (χ0n) is 8.25. The normalized spacial score (nSPS) is 12.8. The summed E-state index contributed by atoms with van der Waals surface area (Å²) in [4.78, 5) is 0.606. The van der Waals surface area contributed by atoms with E-state index in [0.717, 1.165) is 0 Å². The van der Waals surface area contributed by atoms with Gasteiger partial charge < -0.3 is 5.11 Å². The first-order valence-electron chi connectivity index (χ1n) is 4.57. The van der Waals surface area contributed by atoms with E-state index in [4.69, 9.17) is 23.2 Å². The lowest BCUT2D eigenvalue weighted by Crippen LogP contribution is -1.99. The molecule has 1 N–H and O–H groups in total. The van der Waals surface area contributed by atoms with Gasteiger partial charge in [-0.2, -0.15) is 0 Å². The van der Waals surface area contributed by atoms with E-state index in [9.17, 15) is 9.50 Å². The van der Waals surface area contributed by atoms with Crippen molar-refractivity contribution in [2.24, 2.45) is 0 Å². The van der Waals surface area contributed by atoms with E-state index in [1.807, 2.05) is 0 Å². The number of aliphatic hydroxyl groups excluding tert-OH is 1. The average Bonchev–Trinajstić information content (AvgIpc) is 2.62. The van der Waals surface area contributed by atoms with Gasteiger partial charge in [-0.25, -0.2) is 4.39 Å². The van der Waals surface area contributed by atoms with Gasteiger partial charge in [-0.1, -0.05) is 35.3 Å². The van der Waals surface area contributed by atoms with Crippen LogP contribution in [-0.2, 0) is 0 Å². The van der Waals surface area contributed by atoms with Gasteiger partial charge in [0.15, 0.2) is 0 Å². The summed E-state index contributed by atoms with van der Waals surface area (Å²) in [6.07, 6.45) is -0.980. The van der Waals surface area contributed by atoms with Crippen LogP contribution in [0.25, 0.3) is 0 Å². The van der Waals surface area contributed by atoms with Crippen molar-refractivity contribution in [2.75, 3.05) is 0 Å². The van der Waals surface area contributed by atoms with Crippen molar-refractivity contribution in [2.45, 2.75) is 6.10 Å². The average molecular weight is 356 g/mol. The molecule has 2 aromatic rings. The van der Waals surface area contributed by atoms with Gasteiger partial charge in [-0.3, -0.25) is 0 Å². The van der Waals surface area contributed by atoms with Gasteiger partial charge >= 0.3 is 0 Å². The molecule has 6 heteroatoms. The van der Waals surface area contributed by atoms with E-state index in [2.05, 4.69) is 15.9 Å². The first-order chi connectivity index (χ1) is 8.00. The van der Waals surface area contributed by atoms with Gasteiger partial charge in [0, 0.05) is 14.9 Å². The minimum Gasteiger partial charge on any atom is -0.383 e. The Morgan fingerprint density at radius 2 is 2.06 bits per heavy atom. The molecule has 1 heterocycles. The number of thiophene rings is 1. The van der Waals surface area contributed by atoms with Gasteiger partial charge in [0.05, 0.1) is 5.02 Å². The van der Waals surface area contributed by atoms with Crippen LogP contribution in [0.5, 0.6) is 0 Å². The quantitative estimate of drug-likeness (QED) is 0.800. The monoisotopic (exact) mass is 354 g/mol. The van der Waals surface area contributed by atoms with Gasteiger partial charge in [0.2, 0.25) is 0 Å². The summed E-state index contributed by atoms with van der Waals surface area (Å²) >= 11 is 16.2. The molecule has 17 heavy (non-hydrogen) atoms. The number of rotatable bonds is 2. The maximum Gasteiger partial charge on any atom is 0.142 e. The molecule has 0 amide bonds. The topological polar surface area (TPSA) is 20.2 Å². The Labute approximate surface area is 120 Å². The zero-order chi connectivity index (χ0) is 12.6. The number of hydrogen-bond acceptors (Lipinski definition) is 2. The smallest absolute Gasteiger partial charge is 0.142 e. The van der Waals surface area contributed by atoms with Crippen molar-refractivity contribution in [1.82, 2.24) is 0 Å². The maximum atomic E-state index is 13.3. The molecule has 0 fully saturated rings. The van der Waals surface area contributed by atoms with Crippen molar-refractivity contribution < 1.29 is 9.50 Å². The minimum absolute atomic E-state index is 0.0688. The summed E-state index contributed by atoms with van der Waals surface area (Å²) in [5.74, 6) is -0.551. The Balaban J connectivity index is 2.43. The molecular weight excluding hydrogens is 350 g/mol. The van der Waals surface area contributed by atoms with Crippen molar-refractivity contribution in [1.29, 1.82) is 0 Å². The lowest BCUT2D eigenvalue weighted by molar-refractivity contribution is 0.223. The third kappa shape index (κ3) is 2.66. The Morgan fingerprint density at radius 1 is 1.35 bits per heavy atom. The van der Waals surface area contributed by atoms with Crippen LogP contribution in [0, 0.1) is 5.82 Å². The van der Waals surface area contributed by atoms with Crippen LogP contribution >= 0.6 is 50.5 Å². The summed E-state index contributed by atoms with van der Waals surface area (Å²) < 4.78 is 14.5. The molecule has 1 atom stereocenters. The molecule has 0 spiro atoms. The van der Waals surface area contributed by atoms with E-state index in [-0.39, 0.29) is 5.02 Å². The molecule has 1 unspecified atom stereocenters. The van der Waals surface area contributed by atoms with Crippen molar-refractivity contribution in [3.8, 4) is 0 Å². The van der Waals surface area contributed by atoms with Gasteiger partial charge in [0.1, 0.15) is 16.3 Å². The number of hydrogen-bond donors (Lipinski definition) is 1. The number of halogens is 4. The molecular formula is C11H6BrCl2FOS. The van der Waals surface area contributed by atoms with E-state index in [1.165, 1.54) is 23.5 Å². The van der Waals surface area contributed by atoms with Crippen LogP contribution in [0.15, 0.2) is 28.7 Å². The molecule has 2 rings (SSSR count). The van der Waals surface area contributed by atoms with E-state index >= 15 is 0 Å². The van der Waals surface area contributed by atoms with Crippen LogP contribution in [0.3, 0.4) is 0 Å². The summed E-state index contributed by atoms with van der Waals surface area (Å²) in [5.41, 5.74) is 0.331. The van der Waals surface area contributed by atoms with E-state index < -0.39 is 11.9 Å². The maximum absolute atomic E-state index is 13.3. The molecule has 0 aliphatic carbocycles. The van der Waals surface area contributed by atoms with Gasteiger partial charge in [0.25, 0.3) is 0 Å². The highest BCUT2D eigenvalue weighted by atomic mass is 79.9. The molecule has 0 bridgehead atoms. The van der Waals surface area contributed by atoms with Crippen molar-refractivity contribution in [3.05, 3.63) is 54.4 Å². The van der Waals surface area contributed by atoms with Crippen LogP contribution in [0.1, 0.15) is 16.5 Å². The standard InChI is InChI=1S/C11H6BrCl2FOS/c12-6-4-8(17-11(6)14)10(16)5-2-1-3-7(15)9(5)13/h1-4,10,16H. The fourth-order valence-corrected chi connectivity index (χ4v) is 3.35. The lowest BCUT2D eigenvalue weighted by atomic mass is 10.1. The van der Waals surface area contributed by atoms with Crippen LogP contribution in [0.2, 0.25) is 9.36 Å². The molecule has 0 saturated heterocycles. The first kappa shape index (κ1) is 13.3. The van der Waals surface area contributed by atoms with E-state index in [1.54, 1.807) is 12.1 Å². The van der Waals surface area contributed by atoms with Gasteiger partial charge in [-0.05, 0) is 28.1 Å². The zero-order valence-corrected chi connectivity index (χ0v) is 12.2.